The van der Waals surface area contributed by atoms with Crippen LogP contribution in [0.15, 0.2) is 0 Å². The van der Waals surface area contributed by atoms with Crippen LogP contribution in [0.1, 0.15) is 34.1 Å². The molecule has 1 saturated heterocycles. The van der Waals surface area contributed by atoms with Crippen molar-refractivity contribution in [1.82, 2.24) is 9.80 Å². The van der Waals surface area contributed by atoms with E-state index in [1.165, 1.54) is 0 Å². The van der Waals surface area contributed by atoms with Gasteiger partial charge in [-0.2, -0.15) is 5.26 Å². The zero-order valence-electron chi connectivity index (χ0n) is 11.7. The van der Waals surface area contributed by atoms with Gasteiger partial charge < -0.3 is 4.90 Å². The van der Waals surface area contributed by atoms with E-state index in [1.807, 2.05) is 0 Å². The van der Waals surface area contributed by atoms with Crippen LogP contribution >= 0.6 is 0 Å². The average Bonchev–Trinajstić information content (AvgIpc) is 2.28. The van der Waals surface area contributed by atoms with Gasteiger partial charge in [-0.05, 0) is 33.6 Å². The Labute approximate surface area is 110 Å². The van der Waals surface area contributed by atoms with Gasteiger partial charge in [-0.1, -0.05) is 5.92 Å². The van der Waals surface area contributed by atoms with Crippen LogP contribution in [0.25, 0.3) is 0 Å². The number of nitriles is 1. The summed E-state index contributed by atoms with van der Waals surface area (Å²) in [5.74, 6) is 5.04. The number of nitrogens with zero attached hydrogens (tertiary/aromatic N) is 3. The van der Waals surface area contributed by atoms with Crippen molar-refractivity contribution in [2.75, 3.05) is 19.6 Å². The average molecular weight is 247 g/mol. The number of carbonyl (C=O) groups is 1. The first-order valence-corrected chi connectivity index (χ1v) is 6.25. The summed E-state index contributed by atoms with van der Waals surface area (Å²) in [6, 6.07) is 2.12. The zero-order valence-corrected chi connectivity index (χ0v) is 11.7. The molecule has 0 aromatic heterocycles. The van der Waals surface area contributed by atoms with Crippen molar-refractivity contribution in [3.05, 3.63) is 0 Å². The van der Waals surface area contributed by atoms with Gasteiger partial charge in [0.15, 0.2) is 0 Å². The van der Waals surface area contributed by atoms with Gasteiger partial charge in [-0.15, -0.1) is 0 Å². The van der Waals surface area contributed by atoms with E-state index in [-0.39, 0.29) is 17.5 Å². The summed E-state index contributed by atoms with van der Waals surface area (Å²) in [4.78, 5) is 15.9. The van der Waals surface area contributed by atoms with Crippen LogP contribution in [0, 0.1) is 23.2 Å². The van der Waals surface area contributed by atoms with E-state index < -0.39 is 0 Å². The normalized spacial score (nSPS) is 20.8. The molecule has 98 valence electrons. The second kappa shape index (κ2) is 5.89. The Balaban J connectivity index is 2.81. The fourth-order valence-corrected chi connectivity index (χ4v) is 2.19. The third-order valence-electron chi connectivity index (χ3n) is 3.25. The highest BCUT2D eigenvalue weighted by atomic mass is 16.2. The molecule has 0 aromatic carbocycles. The van der Waals surface area contributed by atoms with Crippen LogP contribution in [0.2, 0.25) is 0 Å². The smallest absolute Gasteiger partial charge is 0.298 e. The summed E-state index contributed by atoms with van der Waals surface area (Å²) >= 11 is 0. The third-order valence-corrected chi connectivity index (χ3v) is 3.25. The molecule has 0 bridgehead atoms. The van der Waals surface area contributed by atoms with Gasteiger partial charge in [0.25, 0.3) is 5.91 Å². The van der Waals surface area contributed by atoms with Crippen LogP contribution in [-0.2, 0) is 4.79 Å². The Morgan fingerprint density at radius 3 is 2.56 bits per heavy atom. The van der Waals surface area contributed by atoms with Gasteiger partial charge in [0.05, 0.1) is 18.5 Å². The molecule has 1 aliphatic heterocycles. The molecule has 0 radical (unpaired) electrons. The van der Waals surface area contributed by atoms with Crippen molar-refractivity contribution < 1.29 is 4.79 Å². The summed E-state index contributed by atoms with van der Waals surface area (Å²) in [7, 11) is 0. The van der Waals surface area contributed by atoms with Gasteiger partial charge in [-0.3, -0.25) is 9.69 Å². The van der Waals surface area contributed by atoms with Gasteiger partial charge in [-0.25, -0.2) is 0 Å². The number of hydrogen-bond donors (Lipinski definition) is 0. The predicted octanol–water partition coefficient (Wildman–Crippen LogP) is 1.23. The molecule has 4 nitrogen and oxygen atoms in total. The minimum absolute atomic E-state index is 0.0451. The highest BCUT2D eigenvalue weighted by Crippen LogP contribution is 2.20. The predicted molar refractivity (Wildman–Crippen MR) is 70.5 cm³/mol. The van der Waals surface area contributed by atoms with E-state index in [2.05, 4.69) is 43.6 Å². The van der Waals surface area contributed by atoms with Crippen molar-refractivity contribution in [2.24, 2.45) is 0 Å². The topological polar surface area (TPSA) is 47.3 Å². The summed E-state index contributed by atoms with van der Waals surface area (Å²) in [5, 5.41) is 8.89. The lowest BCUT2D eigenvalue weighted by atomic mass is 10.0. The molecule has 0 unspecified atom stereocenters. The maximum absolute atomic E-state index is 11.9. The Bertz CT molecular complexity index is 405. The molecule has 1 heterocycles. The molecule has 1 rings (SSSR count). The second-order valence-electron chi connectivity index (χ2n) is 5.51. The minimum atomic E-state index is -0.161. The molecule has 18 heavy (non-hydrogen) atoms. The lowest BCUT2D eigenvalue weighted by Crippen LogP contribution is -2.59. The van der Waals surface area contributed by atoms with Crippen LogP contribution in [0.5, 0.6) is 0 Å². The van der Waals surface area contributed by atoms with E-state index in [0.29, 0.717) is 13.0 Å². The Morgan fingerprint density at radius 1 is 1.39 bits per heavy atom. The number of piperazine rings is 1. The van der Waals surface area contributed by atoms with Crippen molar-refractivity contribution >= 4 is 5.91 Å². The summed E-state index contributed by atoms with van der Waals surface area (Å²) in [6.45, 7) is 10.3. The van der Waals surface area contributed by atoms with E-state index in [9.17, 15) is 4.79 Å². The zero-order chi connectivity index (χ0) is 13.8. The first-order chi connectivity index (χ1) is 8.40. The monoisotopic (exact) mass is 247 g/mol. The highest BCUT2D eigenvalue weighted by Gasteiger charge is 2.33. The first kappa shape index (κ1) is 14.5. The molecule has 4 heteroatoms. The van der Waals surface area contributed by atoms with Crippen molar-refractivity contribution in [2.45, 2.75) is 45.7 Å². The molecular weight excluding hydrogens is 226 g/mol. The standard InChI is InChI=1S/C14H21N3O/c1-5-6-13(18)17-10-9-16(14(2,3)4)11-12(17)7-8-15/h12H,7,9-11H2,1-4H3/t12-/m0/s1. The van der Waals surface area contributed by atoms with Crippen LogP contribution in [0.4, 0.5) is 0 Å². The van der Waals surface area contributed by atoms with Crippen molar-refractivity contribution in [1.29, 1.82) is 5.26 Å². The van der Waals surface area contributed by atoms with E-state index in [1.54, 1.807) is 11.8 Å². The molecule has 0 aliphatic carbocycles. The van der Waals surface area contributed by atoms with Crippen LogP contribution in [-0.4, -0.2) is 46.9 Å². The first-order valence-electron chi connectivity index (χ1n) is 6.25. The van der Waals surface area contributed by atoms with Gasteiger partial charge in [0, 0.05) is 25.2 Å². The third kappa shape index (κ3) is 3.48. The van der Waals surface area contributed by atoms with Gasteiger partial charge in [0.2, 0.25) is 0 Å². The fraction of sp³-hybridized carbons (Fsp3) is 0.714. The van der Waals surface area contributed by atoms with Gasteiger partial charge in [0.1, 0.15) is 0 Å². The van der Waals surface area contributed by atoms with Crippen molar-refractivity contribution in [3.63, 3.8) is 0 Å². The maximum Gasteiger partial charge on any atom is 0.298 e. The fourth-order valence-electron chi connectivity index (χ4n) is 2.19. The Morgan fingerprint density at radius 2 is 2.06 bits per heavy atom. The lowest BCUT2D eigenvalue weighted by molar-refractivity contribution is -0.130. The van der Waals surface area contributed by atoms with Crippen LogP contribution < -0.4 is 0 Å². The molecule has 0 spiro atoms. The molecular formula is C14H21N3O. The Kier molecular flexibility index (Phi) is 4.76. The highest BCUT2D eigenvalue weighted by molar-refractivity contribution is 5.93. The Hall–Kier alpha value is -1.52. The number of amides is 1. The molecule has 1 aliphatic rings. The van der Waals surface area contributed by atoms with Crippen molar-refractivity contribution in [3.8, 4) is 17.9 Å². The lowest BCUT2D eigenvalue weighted by Gasteiger charge is -2.45. The number of rotatable bonds is 1. The maximum atomic E-state index is 11.9. The quantitative estimate of drug-likeness (QED) is 0.655. The summed E-state index contributed by atoms with van der Waals surface area (Å²) in [5.41, 5.74) is 0.0687. The second-order valence-corrected chi connectivity index (χ2v) is 5.51. The van der Waals surface area contributed by atoms with E-state index in [0.717, 1.165) is 13.1 Å². The molecule has 0 aromatic rings. The summed E-state index contributed by atoms with van der Waals surface area (Å²) in [6.07, 6.45) is 0.365. The molecule has 1 atom stereocenters. The summed E-state index contributed by atoms with van der Waals surface area (Å²) < 4.78 is 0. The van der Waals surface area contributed by atoms with E-state index in [4.69, 9.17) is 5.26 Å². The molecule has 1 fully saturated rings. The van der Waals surface area contributed by atoms with E-state index >= 15 is 0 Å². The molecule has 1 amide bonds. The minimum Gasteiger partial charge on any atom is -0.325 e. The van der Waals surface area contributed by atoms with Crippen LogP contribution in [0.3, 0.4) is 0 Å². The SMILES string of the molecule is CC#CC(=O)N1CCN(C(C)(C)C)C[C@@H]1CC#N. The molecule has 0 N–H and O–H groups in total. The molecule has 0 saturated carbocycles. The largest absolute Gasteiger partial charge is 0.325 e. The van der Waals surface area contributed by atoms with Gasteiger partial charge >= 0.3 is 0 Å². The number of carbonyl (C=O) groups excluding carboxylic acids is 1. The number of hydrogen-bond acceptors (Lipinski definition) is 3.